The zero-order valence-corrected chi connectivity index (χ0v) is 22.4. The summed E-state index contributed by atoms with van der Waals surface area (Å²) in [6, 6.07) is 4.15. The van der Waals surface area contributed by atoms with Crippen LogP contribution in [0.3, 0.4) is 0 Å². The molecule has 0 spiro atoms. The third-order valence-corrected chi connectivity index (χ3v) is 8.53. The highest BCUT2D eigenvalue weighted by Gasteiger charge is 2.27. The number of aromatic carboxylic acids is 1. The molecule has 5 rings (SSSR count). The van der Waals surface area contributed by atoms with Gasteiger partial charge in [0, 0.05) is 19.3 Å². The molecule has 2 aliphatic rings. The van der Waals surface area contributed by atoms with E-state index in [1.54, 1.807) is 0 Å². The Balaban J connectivity index is 1.58. The maximum absolute atomic E-state index is 11.9. The van der Waals surface area contributed by atoms with Gasteiger partial charge in [-0.2, -0.15) is 0 Å². The van der Waals surface area contributed by atoms with Crippen LogP contribution in [-0.2, 0) is 6.54 Å². The quantitative estimate of drug-likeness (QED) is 0.323. The molecule has 37 heavy (non-hydrogen) atoms. The van der Waals surface area contributed by atoms with Crippen molar-refractivity contribution in [1.82, 2.24) is 24.5 Å². The van der Waals surface area contributed by atoms with Gasteiger partial charge in [0.1, 0.15) is 11.2 Å². The summed E-state index contributed by atoms with van der Waals surface area (Å²) in [4.78, 5) is 30.3. The van der Waals surface area contributed by atoms with Gasteiger partial charge >= 0.3 is 5.97 Å². The summed E-state index contributed by atoms with van der Waals surface area (Å²) in [7, 11) is 0. The van der Waals surface area contributed by atoms with E-state index in [0.29, 0.717) is 23.3 Å². The van der Waals surface area contributed by atoms with Crippen molar-refractivity contribution in [2.24, 2.45) is 17.8 Å². The molecule has 8 nitrogen and oxygen atoms in total. The van der Waals surface area contributed by atoms with E-state index >= 15 is 0 Å². The van der Waals surface area contributed by atoms with Crippen molar-refractivity contribution in [1.29, 1.82) is 0 Å². The summed E-state index contributed by atoms with van der Waals surface area (Å²) in [5.74, 6) is 2.43. The Hall–Kier alpha value is -3.03. The van der Waals surface area contributed by atoms with E-state index < -0.39 is 5.97 Å². The third-order valence-electron chi connectivity index (χ3n) is 8.53. The monoisotopic (exact) mass is 504 g/mol. The van der Waals surface area contributed by atoms with Gasteiger partial charge in [0.05, 0.1) is 0 Å². The van der Waals surface area contributed by atoms with E-state index in [0.717, 1.165) is 48.4 Å². The van der Waals surface area contributed by atoms with E-state index in [1.165, 1.54) is 56.9 Å². The van der Waals surface area contributed by atoms with Crippen LogP contribution in [-0.4, -0.2) is 42.1 Å². The highest BCUT2D eigenvalue weighted by atomic mass is 16.4. The molecule has 2 saturated carbocycles. The van der Waals surface area contributed by atoms with Crippen LogP contribution in [0.15, 0.2) is 18.3 Å². The number of anilines is 1. The number of aromatic nitrogens is 5. The van der Waals surface area contributed by atoms with Gasteiger partial charge in [0.2, 0.25) is 5.82 Å². The third kappa shape index (κ3) is 5.63. The minimum absolute atomic E-state index is 0.220. The molecule has 0 unspecified atom stereocenters. The Morgan fingerprint density at radius 3 is 2.49 bits per heavy atom. The van der Waals surface area contributed by atoms with Crippen LogP contribution >= 0.6 is 0 Å². The summed E-state index contributed by atoms with van der Waals surface area (Å²) < 4.78 is 2.22. The van der Waals surface area contributed by atoms with Gasteiger partial charge in [-0.05, 0) is 60.6 Å². The van der Waals surface area contributed by atoms with Crippen molar-refractivity contribution < 1.29 is 9.90 Å². The second-order valence-corrected chi connectivity index (χ2v) is 11.4. The van der Waals surface area contributed by atoms with Gasteiger partial charge in [-0.25, -0.2) is 19.7 Å². The minimum atomic E-state index is -1.14. The average molecular weight is 505 g/mol. The molecule has 3 aromatic rings. The van der Waals surface area contributed by atoms with Crippen LogP contribution in [0.1, 0.15) is 101 Å². The summed E-state index contributed by atoms with van der Waals surface area (Å²) in [5, 5.41) is 13.2. The Morgan fingerprint density at radius 1 is 1.08 bits per heavy atom. The van der Waals surface area contributed by atoms with Crippen LogP contribution in [0.25, 0.3) is 22.7 Å². The first-order valence-electron chi connectivity index (χ1n) is 14.1. The van der Waals surface area contributed by atoms with E-state index in [2.05, 4.69) is 51.7 Å². The maximum atomic E-state index is 11.9. The SMILES string of the molecule is CCC1CCC(Cn2c(-c3cc(C(C)C)ccn3)nc3nc(C(=O)O)nc(NCCC4CCC4)c32)CC1. The van der Waals surface area contributed by atoms with Gasteiger partial charge in [-0.15, -0.1) is 0 Å². The molecule has 2 aliphatic carbocycles. The van der Waals surface area contributed by atoms with Crippen LogP contribution in [0.4, 0.5) is 5.82 Å². The minimum Gasteiger partial charge on any atom is -0.475 e. The van der Waals surface area contributed by atoms with Gasteiger partial charge in [-0.1, -0.05) is 59.3 Å². The predicted molar refractivity (Wildman–Crippen MR) is 146 cm³/mol. The molecule has 0 aliphatic heterocycles. The van der Waals surface area contributed by atoms with Crippen LogP contribution in [0.5, 0.6) is 0 Å². The Morgan fingerprint density at radius 2 is 1.84 bits per heavy atom. The number of rotatable bonds is 10. The smallest absolute Gasteiger partial charge is 0.374 e. The van der Waals surface area contributed by atoms with Crippen LogP contribution in [0, 0.1) is 17.8 Å². The first-order chi connectivity index (χ1) is 17.9. The van der Waals surface area contributed by atoms with Crippen molar-refractivity contribution in [3.63, 3.8) is 0 Å². The summed E-state index contributed by atoms with van der Waals surface area (Å²) in [6.45, 7) is 8.20. The highest BCUT2D eigenvalue weighted by Crippen LogP contribution is 2.35. The van der Waals surface area contributed by atoms with Gasteiger partial charge in [0.25, 0.3) is 0 Å². The number of imidazole rings is 1. The largest absolute Gasteiger partial charge is 0.475 e. The summed E-state index contributed by atoms with van der Waals surface area (Å²) >= 11 is 0. The molecule has 3 aromatic heterocycles. The number of carboxylic acids is 1. The number of nitrogens with zero attached hydrogens (tertiary/aromatic N) is 5. The molecule has 0 aromatic carbocycles. The molecular weight excluding hydrogens is 464 g/mol. The van der Waals surface area contributed by atoms with Crippen molar-refractivity contribution in [3.8, 4) is 11.5 Å². The van der Waals surface area contributed by atoms with E-state index in [-0.39, 0.29) is 5.82 Å². The molecule has 0 amide bonds. The number of hydrogen-bond donors (Lipinski definition) is 2. The lowest BCUT2D eigenvalue weighted by atomic mass is 9.81. The van der Waals surface area contributed by atoms with Crippen molar-refractivity contribution in [2.45, 2.75) is 91.0 Å². The lowest BCUT2D eigenvalue weighted by Gasteiger charge is -2.28. The first-order valence-corrected chi connectivity index (χ1v) is 14.1. The van der Waals surface area contributed by atoms with Crippen LogP contribution in [0.2, 0.25) is 0 Å². The molecule has 0 saturated heterocycles. The number of fused-ring (bicyclic) bond motifs is 1. The molecular formula is C29H40N6O2. The highest BCUT2D eigenvalue weighted by molar-refractivity contribution is 5.92. The molecule has 3 heterocycles. The first kappa shape index (κ1) is 25.6. The molecule has 0 radical (unpaired) electrons. The second kappa shape index (κ2) is 11.2. The van der Waals surface area contributed by atoms with Gasteiger partial charge in [-0.3, -0.25) is 4.98 Å². The predicted octanol–water partition coefficient (Wildman–Crippen LogP) is 6.53. The maximum Gasteiger partial charge on any atom is 0.374 e. The Labute approximate surface area is 219 Å². The molecule has 8 heteroatoms. The van der Waals surface area contributed by atoms with E-state index in [4.69, 9.17) is 4.98 Å². The lowest BCUT2D eigenvalue weighted by molar-refractivity contribution is 0.0684. The number of pyridine rings is 1. The zero-order valence-electron chi connectivity index (χ0n) is 22.4. The topological polar surface area (TPSA) is 106 Å². The standard InChI is InChI=1S/C29H40N6O2/c1-4-19-8-10-21(11-9-19)17-35-24-25(31-14-12-20-6-5-7-20)32-27(29(36)37)33-26(24)34-28(35)23-16-22(18(2)3)13-15-30-23/h13,15-16,18-21H,4-12,14,17H2,1-3H3,(H,36,37)(H,31,32,33). The molecule has 2 N–H and O–H groups in total. The van der Waals surface area contributed by atoms with Gasteiger partial charge in [0.15, 0.2) is 17.3 Å². The van der Waals surface area contributed by atoms with E-state index in [9.17, 15) is 9.90 Å². The number of carboxylic acid groups (broad SMARTS) is 1. The fraction of sp³-hybridized carbons (Fsp3) is 0.621. The van der Waals surface area contributed by atoms with Crippen LogP contribution < -0.4 is 5.32 Å². The summed E-state index contributed by atoms with van der Waals surface area (Å²) in [6.07, 6.45) is 12.9. The Bertz CT molecular complexity index is 1240. The van der Waals surface area contributed by atoms with Crippen molar-refractivity contribution in [3.05, 3.63) is 29.7 Å². The van der Waals surface area contributed by atoms with E-state index in [1.807, 2.05) is 12.3 Å². The van der Waals surface area contributed by atoms with Crippen molar-refractivity contribution >= 4 is 23.0 Å². The average Bonchev–Trinajstić information content (AvgIpc) is 3.24. The Kier molecular flexibility index (Phi) is 7.72. The van der Waals surface area contributed by atoms with Crippen molar-refractivity contribution in [2.75, 3.05) is 11.9 Å². The molecule has 198 valence electrons. The summed E-state index contributed by atoms with van der Waals surface area (Å²) in [5.41, 5.74) is 3.21. The number of hydrogen-bond acceptors (Lipinski definition) is 6. The lowest BCUT2D eigenvalue weighted by Crippen LogP contribution is -2.20. The fourth-order valence-electron chi connectivity index (χ4n) is 5.81. The molecule has 2 fully saturated rings. The number of nitrogens with one attached hydrogen (secondary N) is 1. The molecule has 0 atom stereocenters. The zero-order chi connectivity index (χ0) is 25.9. The normalized spacial score (nSPS) is 20.3. The number of carbonyl (C=O) groups is 1. The molecule has 0 bridgehead atoms. The fourth-order valence-corrected chi connectivity index (χ4v) is 5.81. The van der Waals surface area contributed by atoms with Gasteiger partial charge < -0.3 is 15.0 Å². The second-order valence-electron chi connectivity index (χ2n) is 11.4.